The van der Waals surface area contributed by atoms with Gasteiger partial charge in [0.15, 0.2) is 0 Å². The first-order chi connectivity index (χ1) is 7.42. The fourth-order valence-electron chi connectivity index (χ4n) is 1.46. The van der Waals surface area contributed by atoms with Crippen LogP contribution in [0.25, 0.3) is 0 Å². The van der Waals surface area contributed by atoms with Crippen molar-refractivity contribution in [2.45, 2.75) is 39.3 Å². The average Bonchev–Trinajstić information content (AvgIpc) is 2.17. The van der Waals surface area contributed by atoms with E-state index in [9.17, 15) is 0 Å². The van der Waals surface area contributed by atoms with Gasteiger partial charge in [0.2, 0.25) is 0 Å². The minimum Gasteiger partial charge on any atom is -0.374 e. The predicted molar refractivity (Wildman–Crippen MR) is 66.9 cm³/mol. The number of nitrogens with one attached hydrogen (secondary N) is 1. The van der Waals surface area contributed by atoms with Gasteiger partial charge in [0.1, 0.15) is 0 Å². The van der Waals surface area contributed by atoms with Crippen LogP contribution in [0, 0.1) is 6.92 Å². The molecule has 0 aliphatic rings. The van der Waals surface area contributed by atoms with Crippen LogP contribution in [0.4, 0.5) is 0 Å². The van der Waals surface area contributed by atoms with Crippen molar-refractivity contribution in [3.8, 4) is 0 Å². The van der Waals surface area contributed by atoms with Crippen LogP contribution in [-0.4, -0.2) is 12.2 Å². The minimum atomic E-state index is -0.140. The number of benzene rings is 1. The maximum absolute atomic E-state index is 5.73. The summed E-state index contributed by atoms with van der Waals surface area (Å²) in [5.41, 5.74) is 5.04. The first kappa shape index (κ1) is 13.2. The SMILES string of the molecule is Cc1cccc(C(COC(C)(C)C)NN)c1. The quantitative estimate of drug-likeness (QED) is 0.607. The van der Waals surface area contributed by atoms with Crippen LogP contribution in [0.2, 0.25) is 0 Å². The van der Waals surface area contributed by atoms with Crippen LogP contribution in [-0.2, 0) is 4.74 Å². The minimum absolute atomic E-state index is 0.0409. The summed E-state index contributed by atoms with van der Waals surface area (Å²) in [6.07, 6.45) is 0. The van der Waals surface area contributed by atoms with E-state index >= 15 is 0 Å². The summed E-state index contributed by atoms with van der Waals surface area (Å²) in [6.45, 7) is 8.76. The van der Waals surface area contributed by atoms with E-state index in [1.165, 1.54) is 5.56 Å². The Bertz CT molecular complexity index is 331. The lowest BCUT2D eigenvalue weighted by molar-refractivity contribution is -0.0148. The number of rotatable bonds is 4. The highest BCUT2D eigenvalue weighted by atomic mass is 16.5. The van der Waals surface area contributed by atoms with Gasteiger partial charge >= 0.3 is 0 Å². The van der Waals surface area contributed by atoms with Crippen molar-refractivity contribution in [3.63, 3.8) is 0 Å². The zero-order chi connectivity index (χ0) is 12.2. The number of hydrogen-bond acceptors (Lipinski definition) is 3. The van der Waals surface area contributed by atoms with Gasteiger partial charge < -0.3 is 4.74 Å². The third-order valence-electron chi connectivity index (χ3n) is 2.33. The van der Waals surface area contributed by atoms with Gasteiger partial charge in [-0.25, -0.2) is 0 Å². The third-order valence-corrected chi connectivity index (χ3v) is 2.33. The summed E-state index contributed by atoms with van der Waals surface area (Å²) < 4.78 is 5.73. The summed E-state index contributed by atoms with van der Waals surface area (Å²) in [5, 5.41) is 0. The van der Waals surface area contributed by atoms with Crippen LogP contribution < -0.4 is 11.3 Å². The summed E-state index contributed by atoms with van der Waals surface area (Å²) in [5.74, 6) is 5.55. The van der Waals surface area contributed by atoms with E-state index in [0.717, 1.165) is 5.56 Å². The molecule has 3 heteroatoms. The van der Waals surface area contributed by atoms with Crippen LogP contribution in [0.1, 0.15) is 37.9 Å². The molecule has 0 radical (unpaired) electrons. The first-order valence-electron chi connectivity index (χ1n) is 5.59. The standard InChI is InChI=1S/C13H22N2O/c1-10-6-5-7-11(8-10)12(15-14)9-16-13(2,3)4/h5-8,12,15H,9,14H2,1-4H3. The Labute approximate surface area is 98.0 Å². The predicted octanol–water partition coefficient (Wildman–Crippen LogP) is 2.31. The van der Waals surface area contributed by atoms with Crippen molar-refractivity contribution in [2.24, 2.45) is 5.84 Å². The van der Waals surface area contributed by atoms with E-state index in [1.54, 1.807) is 0 Å². The molecule has 90 valence electrons. The van der Waals surface area contributed by atoms with Gasteiger partial charge in [-0.2, -0.15) is 0 Å². The molecule has 0 aromatic heterocycles. The molecule has 0 fully saturated rings. The van der Waals surface area contributed by atoms with Crippen molar-refractivity contribution >= 4 is 0 Å². The largest absolute Gasteiger partial charge is 0.374 e. The Kier molecular flexibility index (Phi) is 4.47. The second-order valence-electron chi connectivity index (χ2n) is 5.06. The molecule has 1 aromatic carbocycles. The van der Waals surface area contributed by atoms with Crippen molar-refractivity contribution < 1.29 is 4.74 Å². The van der Waals surface area contributed by atoms with Crippen molar-refractivity contribution in [2.75, 3.05) is 6.61 Å². The van der Waals surface area contributed by atoms with Gasteiger partial charge in [-0.3, -0.25) is 11.3 Å². The molecule has 0 bridgehead atoms. The zero-order valence-electron chi connectivity index (χ0n) is 10.6. The molecule has 0 amide bonds. The van der Waals surface area contributed by atoms with Gasteiger partial charge in [-0.1, -0.05) is 29.8 Å². The maximum Gasteiger partial charge on any atom is 0.0694 e. The van der Waals surface area contributed by atoms with Crippen molar-refractivity contribution in [1.29, 1.82) is 0 Å². The Balaban J connectivity index is 2.68. The fourth-order valence-corrected chi connectivity index (χ4v) is 1.46. The van der Waals surface area contributed by atoms with Crippen molar-refractivity contribution in [1.82, 2.24) is 5.43 Å². The molecule has 16 heavy (non-hydrogen) atoms. The molecule has 0 saturated heterocycles. The smallest absolute Gasteiger partial charge is 0.0694 e. The molecule has 0 spiro atoms. The molecule has 3 N–H and O–H groups in total. The summed E-state index contributed by atoms with van der Waals surface area (Å²) >= 11 is 0. The fraction of sp³-hybridized carbons (Fsp3) is 0.538. The van der Waals surface area contributed by atoms with Crippen molar-refractivity contribution in [3.05, 3.63) is 35.4 Å². The van der Waals surface area contributed by atoms with Crippen LogP contribution in [0.3, 0.4) is 0 Å². The normalized spacial score (nSPS) is 13.8. The highest BCUT2D eigenvalue weighted by Crippen LogP contribution is 2.17. The van der Waals surface area contributed by atoms with Crippen LogP contribution in [0.5, 0.6) is 0 Å². The van der Waals surface area contributed by atoms with E-state index in [-0.39, 0.29) is 11.6 Å². The van der Waals surface area contributed by atoms with E-state index in [4.69, 9.17) is 10.6 Å². The molecule has 1 unspecified atom stereocenters. The van der Waals surface area contributed by atoms with E-state index in [1.807, 2.05) is 26.8 Å². The van der Waals surface area contributed by atoms with Gasteiger partial charge in [-0.15, -0.1) is 0 Å². The topological polar surface area (TPSA) is 47.3 Å². The van der Waals surface area contributed by atoms with E-state index < -0.39 is 0 Å². The van der Waals surface area contributed by atoms with Gasteiger partial charge in [0.25, 0.3) is 0 Å². The first-order valence-corrected chi connectivity index (χ1v) is 5.59. The summed E-state index contributed by atoms with van der Waals surface area (Å²) in [6, 6.07) is 8.33. The number of aryl methyl sites for hydroxylation is 1. The van der Waals surface area contributed by atoms with E-state index in [2.05, 4.69) is 30.5 Å². The molecular weight excluding hydrogens is 200 g/mol. The molecule has 0 aliphatic heterocycles. The van der Waals surface area contributed by atoms with Gasteiger partial charge in [0, 0.05) is 0 Å². The summed E-state index contributed by atoms with van der Waals surface area (Å²) in [4.78, 5) is 0. The van der Waals surface area contributed by atoms with Crippen LogP contribution >= 0.6 is 0 Å². The molecule has 1 aromatic rings. The number of hydrogen-bond donors (Lipinski definition) is 2. The number of hydrazine groups is 1. The third kappa shape index (κ3) is 4.31. The monoisotopic (exact) mass is 222 g/mol. The zero-order valence-corrected chi connectivity index (χ0v) is 10.6. The molecule has 0 aliphatic carbocycles. The number of nitrogens with two attached hydrogens (primary N) is 1. The van der Waals surface area contributed by atoms with Gasteiger partial charge in [-0.05, 0) is 33.3 Å². The average molecular weight is 222 g/mol. The van der Waals surface area contributed by atoms with Gasteiger partial charge in [0.05, 0.1) is 18.2 Å². The molecular formula is C13H22N2O. The Morgan fingerprint density at radius 3 is 2.56 bits per heavy atom. The second-order valence-corrected chi connectivity index (χ2v) is 5.06. The second kappa shape index (κ2) is 5.43. The van der Waals surface area contributed by atoms with E-state index in [0.29, 0.717) is 6.61 Å². The highest BCUT2D eigenvalue weighted by molar-refractivity contribution is 5.25. The molecule has 3 nitrogen and oxygen atoms in total. The lowest BCUT2D eigenvalue weighted by atomic mass is 10.1. The molecule has 0 saturated carbocycles. The lowest BCUT2D eigenvalue weighted by Crippen LogP contribution is -2.34. The number of ether oxygens (including phenoxy) is 1. The Morgan fingerprint density at radius 1 is 1.38 bits per heavy atom. The molecule has 1 rings (SSSR count). The Hall–Kier alpha value is -0.900. The van der Waals surface area contributed by atoms with Crippen LogP contribution in [0.15, 0.2) is 24.3 Å². The summed E-state index contributed by atoms with van der Waals surface area (Å²) in [7, 11) is 0. The highest BCUT2D eigenvalue weighted by Gasteiger charge is 2.15. The molecule has 1 atom stereocenters. The molecule has 0 heterocycles. The lowest BCUT2D eigenvalue weighted by Gasteiger charge is -2.24. The Morgan fingerprint density at radius 2 is 2.06 bits per heavy atom. The maximum atomic E-state index is 5.73.